The minimum atomic E-state index is -4.55. The third-order valence-corrected chi connectivity index (χ3v) is 1.38. The molecule has 0 bridgehead atoms. The van der Waals surface area contributed by atoms with E-state index >= 15 is 0 Å². The molecule has 1 rings (SSSR count). The summed E-state index contributed by atoms with van der Waals surface area (Å²) in [5.41, 5.74) is 0. The van der Waals surface area contributed by atoms with Gasteiger partial charge in [0.25, 0.3) is 0 Å². The van der Waals surface area contributed by atoms with Crippen LogP contribution in [0, 0.1) is 11.3 Å². The van der Waals surface area contributed by atoms with Crippen LogP contribution in [-0.2, 0) is 0 Å². The number of nitriles is 1. The van der Waals surface area contributed by atoms with Gasteiger partial charge >= 0.3 is 6.30 Å². The van der Waals surface area contributed by atoms with Crippen molar-refractivity contribution in [2.24, 2.45) is 5.10 Å². The average Bonchev–Trinajstić information content (AvgIpc) is 2.29. The van der Waals surface area contributed by atoms with Crippen LogP contribution in [0.5, 0.6) is 0 Å². The fourth-order valence-corrected chi connectivity index (χ4v) is 0.793. The molecule has 0 aromatic carbocycles. The molecule has 12 heavy (non-hydrogen) atoms. The van der Waals surface area contributed by atoms with Crippen molar-refractivity contribution in [2.75, 3.05) is 7.05 Å². The summed E-state index contributed by atoms with van der Waals surface area (Å²) in [7, 11) is 1.30. The van der Waals surface area contributed by atoms with Gasteiger partial charge in [-0.3, -0.25) is 5.01 Å². The highest BCUT2D eigenvalue weighted by atomic mass is 19.4. The first-order chi connectivity index (χ1) is 5.46. The van der Waals surface area contributed by atoms with Crippen molar-refractivity contribution >= 4 is 6.34 Å². The zero-order chi connectivity index (χ0) is 9.35. The SMILES string of the molecule is CN1N=CN(C(F)(F)F)C1C#N. The second-order valence-electron chi connectivity index (χ2n) is 2.18. The van der Waals surface area contributed by atoms with E-state index in [4.69, 9.17) is 5.26 Å². The lowest BCUT2D eigenvalue weighted by Gasteiger charge is -2.23. The summed E-state index contributed by atoms with van der Waals surface area (Å²) in [4.78, 5) is -0.0625. The zero-order valence-corrected chi connectivity index (χ0v) is 6.08. The summed E-state index contributed by atoms with van der Waals surface area (Å²) in [6.45, 7) is 0. The predicted molar refractivity (Wildman–Crippen MR) is 33.5 cm³/mol. The Labute approximate surface area is 66.5 Å². The van der Waals surface area contributed by atoms with Crippen molar-refractivity contribution in [1.29, 1.82) is 5.26 Å². The van der Waals surface area contributed by atoms with Crippen molar-refractivity contribution in [2.45, 2.75) is 12.5 Å². The molecule has 4 nitrogen and oxygen atoms in total. The van der Waals surface area contributed by atoms with E-state index in [1.165, 1.54) is 13.1 Å². The second-order valence-corrected chi connectivity index (χ2v) is 2.18. The molecule has 0 saturated carbocycles. The fourth-order valence-electron chi connectivity index (χ4n) is 0.793. The third-order valence-electron chi connectivity index (χ3n) is 1.38. The molecule has 0 fully saturated rings. The number of nitrogens with zero attached hydrogens (tertiary/aromatic N) is 4. The molecular weight excluding hydrogens is 173 g/mol. The van der Waals surface area contributed by atoms with Crippen LogP contribution in [-0.4, -0.2) is 35.8 Å². The van der Waals surface area contributed by atoms with E-state index in [1.54, 1.807) is 0 Å². The Kier molecular flexibility index (Phi) is 1.84. The highest BCUT2D eigenvalue weighted by molar-refractivity contribution is 5.58. The van der Waals surface area contributed by atoms with E-state index in [9.17, 15) is 13.2 Å². The normalized spacial score (nSPS) is 23.1. The molecule has 7 heteroatoms. The lowest BCUT2D eigenvalue weighted by molar-refractivity contribution is -0.227. The van der Waals surface area contributed by atoms with Crippen LogP contribution in [0.4, 0.5) is 13.2 Å². The first-order valence-corrected chi connectivity index (χ1v) is 2.98. The Bertz CT molecular complexity index is 240. The van der Waals surface area contributed by atoms with Gasteiger partial charge in [-0.05, 0) is 0 Å². The standard InChI is InChI=1S/C5H5F3N4/c1-11-4(2-9)12(3-10-11)5(6,7)8/h3-4H,1H3. The Morgan fingerprint density at radius 1 is 1.58 bits per heavy atom. The Morgan fingerprint density at radius 3 is 2.50 bits per heavy atom. The highest BCUT2D eigenvalue weighted by Crippen LogP contribution is 2.25. The van der Waals surface area contributed by atoms with Crippen LogP contribution in [0.1, 0.15) is 0 Å². The predicted octanol–water partition coefficient (Wildman–Crippen LogP) is 0.547. The van der Waals surface area contributed by atoms with Crippen molar-refractivity contribution in [3.8, 4) is 6.07 Å². The first kappa shape index (κ1) is 8.64. The summed E-state index contributed by atoms with van der Waals surface area (Å²) < 4.78 is 36.1. The molecule has 0 amide bonds. The summed E-state index contributed by atoms with van der Waals surface area (Å²) >= 11 is 0. The van der Waals surface area contributed by atoms with Crippen LogP contribution in [0.2, 0.25) is 0 Å². The van der Waals surface area contributed by atoms with E-state index < -0.39 is 12.5 Å². The minimum Gasteiger partial charge on any atom is -0.262 e. The van der Waals surface area contributed by atoms with Crippen molar-refractivity contribution in [3.63, 3.8) is 0 Å². The van der Waals surface area contributed by atoms with E-state index in [1.807, 2.05) is 0 Å². The van der Waals surface area contributed by atoms with Crippen molar-refractivity contribution < 1.29 is 13.2 Å². The molecule has 1 unspecified atom stereocenters. The third kappa shape index (κ3) is 1.28. The van der Waals surface area contributed by atoms with E-state index in [2.05, 4.69) is 5.10 Å². The van der Waals surface area contributed by atoms with Gasteiger partial charge in [-0.1, -0.05) is 0 Å². The molecule has 0 spiro atoms. The van der Waals surface area contributed by atoms with Gasteiger partial charge in [0.2, 0.25) is 6.17 Å². The lowest BCUT2D eigenvalue weighted by atomic mass is 10.5. The summed E-state index contributed by atoms with van der Waals surface area (Å²) in [6, 6.07) is 1.48. The van der Waals surface area contributed by atoms with Gasteiger partial charge in [0, 0.05) is 7.05 Å². The maximum Gasteiger partial charge on any atom is 0.488 e. The van der Waals surface area contributed by atoms with Crippen LogP contribution in [0.25, 0.3) is 0 Å². The number of halogens is 3. The molecule has 0 saturated heterocycles. The van der Waals surface area contributed by atoms with E-state index in [0.29, 0.717) is 6.34 Å². The first-order valence-electron chi connectivity index (χ1n) is 2.98. The Morgan fingerprint density at radius 2 is 2.17 bits per heavy atom. The summed E-state index contributed by atoms with van der Waals surface area (Å²) in [5, 5.41) is 12.6. The number of hydrogen-bond acceptors (Lipinski definition) is 4. The highest BCUT2D eigenvalue weighted by Gasteiger charge is 2.44. The Balaban J connectivity index is 2.82. The smallest absolute Gasteiger partial charge is 0.262 e. The number of hydrazone groups is 1. The van der Waals surface area contributed by atoms with Gasteiger partial charge in [0.15, 0.2) is 0 Å². The molecule has 0 aromatic rings. The Hall–Kier alpha value is -1.45. The molecule has 1 atom stereocenters. The maximum absolute atomic E-state index is 12.0. The van der Waals surface area contributed by atoms with Crippen LogP contribution in [0.15, 0.2) is 5.10 Å². The summed E-state index contributed by atoms with van der Waals surface area (Å²) in [5.74, 6) is 0. The molecule has 0 radical (unpaired) electrons. The van der Waals surface area contributed by atoms with Crippen LogP contribution in [0.3, 0.4) is 0 Å². The molecular formula is C5H5F3N4. The molecule has 0 aromatic heterocycles. The van der Waals surface area contributed by atoms with Crippen molar-refractivity contribution in [3.05, 3.63) is 0 Å². The largest absolute Gasteiger partial charge is 0.488 e. The molecule has 0 N–H and O–H groups in total. The second kappa shape index (κ2) is 2.55. The van der Waals surface area contributed by atoms with Gasteiger partial charge in [-0.15, -0.1) is 13.2 Å². The van der Waals surface area contributed by atoms with Crippen molar-refractivity contribution in [1.82, 2.24) is 9.91 Å². The number of rotatable bonds is 0. The molecule has 66 valence electrons. The van der Waals surface area contributed by atoms with Crippen LogP contribution < -0.4 is 0 Å². The molecule has 1 aliphatic rings. The lowest BCUT2D eigenvalue weighted by Crippen LogP contribution is -2.45. The van der Waals surface area contributed by atoms with Gasteiger partial charge in [0.05, 0.1) is 0 Å². The monoisotopic (exact) mass is 178 g/mol. The number of hydrogen-bond donors (Lipinski definition) is 0. The molecule has 1 aliphatic heterocycles. The van der Waals surface area contributed by atoms with E-state index in [-0.39, 0.29) is 4.90 Å². The van der Waals surface area contributed by atoms with Crippen LogP contribution >= 0.6 is 0 Å². The quantitative estimate of drug-likeness (QED) is 0.508. The molecule has 1 heterocycles. The topological polar surface area (TPSA) is 42.6 Å². The summed E-state index contributed by atoms with van der Waals surface area (Å²) in [6.07, 6.45) is -5.34. The van der Waals surface area contributed by atoms with Gasteiger partial charge in [0.1, 0.15) is 12.4 Å². The fraction of sp³-hybridized carbons (Fsp3) is 0.600. The average molecular weight is 178 g/mol. The van der Waals surface area contributed by atoms with Gasteiger partial charge in [-0.25, -0.2) is 4.90 Å². The van der Waals surface area contributed by atoms with E-state index in [0.717, 1.165) is 5.01 Å². The van der Waals surface area contributed by atoms with Gasteiger partial charge in [-0.2, -0.15) is 10.4 Å². The zero-order valence-electron chi connectivity index (χ0n) is 6.08. The number of alkyl halides is 3. The minimum absolute atomic E-state index is 0.0625. The maximum atomic E-state index is 12.0. The van der Waals surface area contributed by atoms with Gasteiger partial charge < -0.3 is 0 Å². The molecule has 0 aliphatic carbocycles.